The van der Waals surface area contributed by atoms with Gasteiger partial charge in [-0.1, -0.05) is 6.58 Å². The zero-order valence-corrected chi connectivity index (χ0v) is 7.04. The summed E-state index contributed by atoms with van der Waals surface area (Å²) in [5, 5.41) is 11.4. The van der Waals surface area contributed by atoms with E-state index in [1.807, 2.05) is 0 Å². The first kappa shape index (κ1) is 10.8. The fraction of sp³-hybridized carbons (Fsp3) is 0.500. The molecule has 4 heteroatoms. The molecule has 0 bridgehead atoms. The molecule has 0 spiro atoms. The minimum Gasteiger partial charge on any atom is -0.391 e. The first-order valence-corrected chi connectivity index (χ1v) is 3.63. The number of carbonyl (C=O) groups excluding carboxylic acids is 2. The van der Waals surface area contributed by atoms with Crippen LogP contribution in [0.4, 0.5) is 0 Å². The van der Waals surface area contributed by atoms with Crippen LogP contribution >= 0.6 is 0 Å². The van der Waals surface area contributed by atoms with Crippen LogP contribution in [0.25, 0.3) is 0 Å². The van der Waals surface area contributed by atoms with Crippen LogP contribution in [0.15, 0.2) is 12.2 Å². The highest BCUT2D eigenvalue weighted by molar-refractivity contribution is 5.92. The zero-order valence-electron chi connectivity index (χ0n) is 7.04. The van der Waals surface area contributed by atoms with Crippen LogP contribution in [-0.4, -0.2) is 29.9 Å². The number of aldehydes is 1. The number of hydrogen-bond donors (Lipinski definition) is 2. The quantitative estimate of drug-likeness (QED) is 0.438. The predicted molar refractivity (Wildman–Crippen MR) is 44.5 cm³/mol. The molecule has 0 saturated heterocycles. The van der Waals surface area contributed by atoms with Crippen molar-refractivity contribution >= 4 is 12.2 Å². The highest BCUT2D eigenvalue weighted by Gasteiger charge is 2.05. The van der Waals surface area contributed by atoms with Crippen molar-refractivity contribution in [3.8, 4) is 0 Å². The maximum atomic E-state index is 10.8. The number of nitrogens with one attached hydrogen (secondary N) is 1. The number of aliphatic hydroxyl groups is 1. The fourth-order valence-corrected chi connectivity index (χ4v) is 0.556. The molecular formula is C8H13NO3. The minimum atomic E-state index is -0.800. The maximum Gasteiger partial charge on any atom is 0.246 e. The van der Waals surface area contributed by atoms with Crippen LogP contribution in [0, 0.1) is 0 Å². The van der Waals surface area contributed by atoms with E-state index in [1.165, 1.54) is 0 Å². The summed E-state index contributed by atoms with van der Waals surface area (Å²) in [7, 11) is 0. The molecule has 0 aromatic carbocycles. The summed E-state index contributed by atoms with van der Waals surface area (Å²) in [6.07, 6.45) is -0.153. The van der Waals surface area contributed by atoms with Gasteiger partial charge in [-0.3, -0.25) is 4.79 Å². The van der Waals surface area contributed by atoms with Crippen molar-refractivity contribution in [2.75, 3.05) is 6.54 Å². The Balaban J connectivity index is 3.60. The van der Waals surface area contributed by atoms with Gasteiger partial charge >= 0.3 is 0 Å². The lowest BCUT2D eigenvalue weighted by molar-refractivity contribution is -0.118. The van der Waals surface area contributed by atoms with E-state index < -0.39 is 6.10 Å². The van der Waals surface area contributed by atoms with Crippen LogP contribution < -0.4 is 5.32 Å². The van der Waals surface area contributed by atoms with Gasteiger partial charge in [-0.05, 0) is 6.92 Å². The summed E-state index contributed by atoms with van der Waals surface area (Å²) in [5.41, 5.74) is 0.383. The molecule has 0 fully saturated rings. The van der Waals surface area contributed by atoms with Gasteiger partial charge in [0.05, 0.1) is 6.10 Å². The summed E-state index contributed by atoms with van der Waals surface area (Å²) in [5.74, 6) is -0.306. The number of rotatable bonds is 5. The molecule has 4 nitrogen and oxygen atoms in total. The van der Waals surface area contributed by atoms with Crippen LogP contribution in [0.1, 0.15) is 13.3 Å². The summed E-state index contributed by atoms with van der Waals surface area (Å²) >= 11 is 0. The molecule has 1 unspecified atom stereocenters. The van der Waals surface area contributed by atoms with Gasteiger partial charge in [-0.15, -0.1) is 0 Å². The lowest BCUT2D eigenvalue weighted by atomic mass is 10.2. The third kappa shape index (κ3) is 4.62. The van der Waals surface area contributed by atoms with Crippen molar-refractivity contribution in [3.05, 3.63) is 12.2 Å². The van der Waals surface area contributed by atoms with Gasteiger partial charge in [-0.25, -0.2) is 0 Å². The second kappa shape index (κ2) is 5.49. The molecule has 0 aliphatic carbocycles. The second-order valence-corrected chi connectivity index (χ2v) is 2.55. The van der Waals surface area contributed by atoms with Crippen molar-refractivity contribution in [2.45, 2.75) is 19.4 Å². The van der Waals surface area contributed by atoms with Gasteiger partial charge in [0.15, 0.2) is 0 Å². The monoisotopic (exact) mass is 171 g/mol. The second-order valence-electron chi connectivity index (χ2n) is 2.55. The molecule has 0 aromatic rings. The van der Waals surface area contributed by atoms with Gasteiger partial charge in [0, 0.05) is 18.5 Å². The molecule has 2 N–H and O–H groups in total. The Kier molecular flexibility index (Phi) is 4.96. The van der Waals surface area contributed by atoms with E-state index in [2.05, 4.69) is 11.9 Å². The number of hydrogen-bond acceptors (Lipinski definition) is 3. The van der Waals surface area contributed by atoms with E-state index in [9.17, 15) is 9.59 Å². The third-order valence-corrected chi connectivity index (χ3v) is 1.25. The Labute approximate surface area is 71.3 Å². The summed E-state index contributed by atoms with van der Waals surface area (Å²) in [4.78, 5) is 20.7. The van der Waals surface area contributed by atoms with E-state index in [1.54, 1.807) is 6.92 Å². The first-order valence-electron chi connectivity index (χ1n) is 3.63. The van der Waals surface area contributed by atoms with Crippen molar-refractivity contribution in [2.24, 2.45) is 0 Å². The number of carbonyl (C=O) groups is 2. The third-order valence-electron chi connectivity index (χ3n) is 1.25. The lowest BCUT2D eigenvalue weighted by Crippen LogP contribution is -2.32. The summed E-state index contributed by atoms with van der Waals surface area (Å²) in [6, 6.07) is 0. The fourth-order valence-electron chi connectivity index (χ4n) is 0.556. The van der Waals surface area contributed by atoms with Crippen molar-refractivity contribution < 1.29 is 14.7 Å². The van der Waals surface area contributed by atoms with Crippen LogP contribution in [0.2, 0.25) is 0 Å². The molecule has 0 aromatic heterocycles. The van der Waals surface area contributed by atoms with Crippen molar-refractivity contribution in [1.29, 1.82) is 0 Å². The predicted octanol–water partition coefficient (Wildman–Crippen LogP) is -0.371. The molecule has 0 aliphatic heterocycles. The average molecular weight is 171 g/mol. The SMILES string of the molecule is C=C(C)C(=O)NCC(O)CC=O. The maximum absolute atomic E-state index is 10.8. The Morgan fingerprint density at radius 1 is 1.75 bits per heavy atom. The highest BCUT2D eigenvalue weighted by Crippen LogP contribution is 1.88. The van der Waals surface area contributed by atoms with Crippen LogP contribution in [0.5, 0.6) is 0 Å². The van der Waals surface area contributed by atoms with Gasteiger partial charge < -0.3 is 15.2 Å². The molecular weight excluding hydrogens is 158 g/mol. The smallest absolute Gasteiger partial charge is 0.246 e. The minimum absolute atomic E-state index is 0.0382. The van der Waals surface area contributed by atoms with E-state index in [4.69, 9.17) is 5.11 Å². The Bertz CT molecular complexity index is 189. The molecule has 1 atom stereocenters. The molecule has 0 rings (SSSR count). The Hall–Kier alpha value is -1.16. The van der Waals surface area contributed by atoms with Crippen molar-refractivity contribution in [3.63, 3.8) is 0 Å². The number of aliphatic hydroxyl groups excluding tert-OH is 1. The van der Waals surface area contributed by atoms with Crippen LogP contribution in [-0.2, 0) is 9.59 Å². The normalized spacial score (nSPS) is 11.8. The molecule has 0 aliphatic rings. The largest absolute Gasteiger partial charge is 0.391 e. The first-order chi connectivity index (χ1) is 5.57. The van der Waals surface area contributed by atoms with E-state index in [-0.39, 0.29) is 18.9 Å². The standard InChI is InChI=1S/C8H13NO3/c1-6(2)8(12)9-5-7(11)3-4-10/h4,7,11H,1,3,5H2,2H3,(H,9,12). The Morgan fingerprint density at radius 2 is 2.33 bits per heavy atom. The molecule has 0 heterocycles. The van der Waals surface area contributed by atoms with Gasteiger partial charge in [0.1, 0.15) is 6.29 Å². The number of amides is 1. The molecule has 1 amide bonds. The Morgan fingerprint density at radius 3 is 2.75 bits per heavy atom. The average Bonchev–Trinajstić information content (AvgIpc) is 2.00. The van der Waals surface area contributed by atoms with Crippen molar-refractivity contribution in [1.82, 2.24) is 5.32 Å². The topological polar surface area (TPSA) is 66.4 Å². The van der Waals surface area contributed by atoms with E-state index >= 15 is 0 Å². The lowest BCUT2D eigenvalue weighted by Gasteiger charge is -2.08. The van der Waals surface area contributed by atoms with Gasteiger partial charge in [-0.2, -0.15) is 0 Å². The van der Waals surface area contributed by atoms with E-state index in [0.717, 1.165) is 0 Å². The van der Waals surface area contributed by atoms with Crippen LogP contribution in [0.3, 0.4) is 0 Å². The van der Waals surface area contributed by atoms with Gasteiger partial charge in [0.25, 0.3) is 0 Å². The van der Waals surface area contributed by atoms with E-state index in [0.29, 0.717) is 11.9 Å². The van der Waals surface area contributed by atoms with Gasteiger partial charge in [0.2, 0.25) is 5.91 Å². The zero-order chi connectivity index (χ0) is 9.56. The molecule has 0 saturated carbocycles. The summed E-state index contributed by atoms with van der Waals surface area (Å²) in [6.45, 7) is 5.07. The summed E-state index contributed by atoms with van der Waals surface area (Å²) < 4.78 is 0. The highest BCUT2D eigenvalue weighted by atomic mass is 16.3. The molecule has 0 radical (unpaired) electrons. The molecule has 68 valence electrons. The molecule has 12 heavy (non-hydrogen) atoms.